The molecule has 6 heteroatoms. The molecular formula is C15H19NO5. The average molecular weight is 293 g/mol. The standard InChI is InChI=1S/C15H19NO5/c1-16(2)14(17)4-3-7-20-11-6-5-10-8-13(15(18)19)21-12(10)9-11/h5-6,9,13H,3-4,7-8H2,1-2H3,(H,18,19). The van der Waals surface area contributed by atoms with Gasteiger partial charge in [0.1, 0.15) is 11.5 Å². The highest BCUT2D eigenvalue weighted by Crippen LogP contribution is 2.32. The molecule has 1 N–H and O–H groups in total. The van der Waals surface area contributed by atoms with Crippen LogP contribution in [0.3, 0.4) is 0 Å². The molecule has 1 atom stereocenters. The molecule has 1 aromatic rings. The lowest BCUT2D eigenvalue weighted by molar-refractivity contribution is -0.144. The van der Waals surface area contributed by atoms with Crippen LogP contribution in [0.25, 0.3) is 0 Å². The SMILES string of the molecule is CN(C)C(=O)CCCOc1ccc2c(c1)OC(C(=O)O)C2. The highest BCUT2D eigenvalue weighted by Gasteiger charge is 2.28. The lowest BCUT2D eigenvalue weighted by atomic mass is 10.1. The number of hydrogen-bond acceptors (Lipinski definition) is 4. The molecule has 0 bridgehead atoms. The topological polar surface area (TPSA) is 76.1 Å². The van der Waals surface area contributed by atoms with Gasteiger partial charge < -0.3 is 19.5 Å². The molecule has 0 aliphatic carbocycles. The second-order valence-electron chi connectivity index (χ2n) is 5.16. The van der Waals surface area contributed by atoms with Crippen LogP contribution in [0.5, 0.6) is 11.5 Å². The fraction of sp³-hybridized carbons (Fsp3) is 0.467. The molecule has 1 unspecified atom stereocenters. The van der Waals surface area contributed by atoms with Gasteiger partial charge in [-0.25, -0.2) is 4.79 Å². The summed E-state index contributed by atoms with van der Waals surface area (Å²) in [4.78, 5) is 23.8. The maximum absolute atomic E-state index is 11.4. The van der Waals surface area contributed by atoms with Crippen molar-refractivity contribution in [2.75, 3.05) is 20.7 Å². The number of rotatable bonds is 6. The van der Waals surface area contributed by atoms with Crippen LogP contribution in [-0.2, 0) is 16.0 Å². The molecule has 0 radical (unpaired) electrons. The molecule has 114 valence electrons. The molecule has 2 rings (SSSR count). The largest absolute Gasteiger partial charge is 0.493 e. The molecule has 1 aliphatic heterocycles. The molecule has 0 saturated heterocycles. The van der Waals surface area contributed by atoms with Crippen LogP contribution >= 0.6 is 0 Å². The molecule has 1 heterocycles. The van der Waals surface area contributed by atoms with Crippen molar-refractivity contribution in [3.63, 3.8) is 0 Å². The van der Waals surface area contributed by atoms with Crippen LogP contribution in [-0.4, -0.2) is 48.7 Å². The molecular weight excluding hydrogens is 274 g/mol. The lowest BCUT2D eigenvalue weighted by Gasteiger charge is -2.11. The first-order valence-electron chi connectivity index (χ1n) is 6.82. The van der Waals surface area contributed by atoms with Gasteiger partial charge in [-0.15, -0.1) is 0 Å². The number of aliphatic carboxylic acids is 1. The van der Waals surface area contributed by atoms with Crippen molar-refractivity contribution in [2.24, 2.45) is 0 Å². The Labute approximate surface area is 123 Å². The Kier molecular flexibility index (Phi) is 4.67. The van der Waals surface area contributed by atoms with E-state index in [-0.39, 0.29) is 5.91 Å². The van der Waals surface area contributed by atoms with Crippen LogP contribution in [0.15, 0.2) is 18.2 Å². The van der Waals surface area contributed by atoms with E-state index in [4.69, 9.17) is 14.6 Å². The smallest absolute Gasteiger partial charge is 0.345 e. The lowest BCUT2D eigenvalue weighted by Crippen LogP contribution is -2.24. The van der Waals surface area contributed by atoms with Gasteiger partial charge in [-0.05, 0) is 18.1 Å². The first-order valence-corrected chi connectivity index (χ1v) is 6.82. The predicted octanol–water partition coefficient (Wildman–Crippen LogP) is 1.32. The van der Waals surface area contributed by atoms with Crippen molar-refractivity contribution in [3.8, 4) is 11.5 Å². The number of carbonyl (C=O) groups excluding carboxylic acids is 1. The molecule has 0 aromatic heterocycles. The summed E-state index contributed by atoms with van der Waals surface area (Å²) in [5, 5.41) is 8.93. The molecule has 0 saturated carbocycles. The Bertz CT molecular complexity index is 541. The van der Waals surface area contributed by atoms with E-state index >= 15 is 0 Å². The van der Waals surface area contributed by atoms with E-state index < -0.39 is 12.1 Å². The number of carboxylic acid groups (broad SMARTS) is 1. The number of amides is 1. The number of carboxylic acids is 1. The summed E-state index contributed by atoms with van der Waals surface area (Å²) in [5.41, 5.74) is 0.873. The van der Waals surface area contributed by atoms with Crippen molar-refractivity contribution in [3.05, 3.63) is 23.8 Å². The maximum atomic E-state index is 11.4. The van der Waals surface area contributed by atoms with Gasteiger partial charge in [0, 0.05) is 33.0 Å². The highest BCUT2D eigenvalue weighted by atomic mass is 16.5. The third-order valence-electron chi connectivity index (χ3n) is 3.29. The normalized spacial score (nSPS) is 16.0. The van der Waals surface area contributed by atoms with Crippen molar-refractivity contribution in [1.82, 2.24) is 4.90 Å². The van der Waals surface area contributed by atoms with Gasteiger partial charge in [0.2, 0.25) is 5.91 Å². The Morgan fingerprint density at radius 2 is 2.19 bits per heavy atom. The van der Waals surface area contributed by atoms with E-state index in [0.29, 0.717) is 37.4 Å². The zero-order valence-corrected chi connectivity index (χ0v) is 12.2. The Hall–Kier alpha value is -2.24. The van der Waals surface area contributed by atoms with E-state index in [1.54, 1.807) is 31.1 Å². The second-order valence-corrected chi connectivity index (χ2v) is 5.16. The van der Waals surface area contributed by atoms with Gasteiger partial charge in [0.15, 0.2) is 6.10 Å². The van der Waals surface area contributed by atoms with Crippen LogP contribution in [0.1, 0.15) is 18.4 Å². The van der Waals surface area contributed by atoms with E-state index in [0.717, 1.165) is 5.56 Å². The summed E-state index contributed by atoms with van der Waals surface area (Å²) in [5.74, 6) is 0.289. The van der Waals surface area contributed by atoms with Gasteiger partial charge >= 0.3 is 5.97 Å². The Morgan fingerprint density at radius 3 is 2.86 bits per heavy atom. The summed E-state index contributed by atoms with van der Waals surface area (Å²) in [6.07, 6.45) is 0.637. The minimum atomic E-state index is -0.962. The molecule has 6 nitrogen and oxygen atoms in total. The van der Waals surface area contributed by atoms with Gasteiger partial charge in [-0.3, -0.25) is 4.79 Å². The summed E-state index contributed by atoms with van der Waals surface area (Å²) >= 11 is 0. The van der Waals surface area contributed by atoms with Crippen LogP contribution in [0, 0.1) is 0 Å². The van der Waals surface area contributed by atoms with Gasteiger partial charge in [0.25, 0.3) is 0 Å². The minimum absolute atomic E-state index is 0.0696. The van der Waals surface area contributed by atoms with Crippen LogP contribution in [0.2, 0.25) is 0 Å². The van der Waals surface area contributed by atoms with Gasteiger partial charge in [0.05, 0.1) is 6.61 Å². The zero-order chi connectivity index (χ0) is 15.4. The van der Waals surface area contributed by atoms with Crippen molar-refractivity contribution < 1.29 is 24.2 Å². The fourth-order valence-corrected chi connectivity index (χ4v) is 2.07. The second kappa shape index (κ2) is 6.47. The van der Waals surface area contributed by atoms with Crippen molar-refractivity contribution in [2.45, 2.75) is 25.4 Å². The summed E-state index contributed by atoms with van der Waals surface area (Å²) in [6, 6.07) is 5.31. The average Bonchev–Trinajstić information content (AvgIpc) is 2.86. The van der Waals surface area contributed by atoms with E-state index in [2.05, 4.69) is 0 Å². The van der Waals surface area contributed by atoms with Gasteiger partial charge in [-0.2, -0.15) is 0 Å². The predicted molar refractivity (Wildman–Crippen MR) is 75.6 cm³/mol. The van der Waals surface area contributed by atoms with Gasteiger partial charge in [-0.1, -0.05) is 6.07 Å². The Balaban J connectivity index is 1.83. The molecule has 0 spiro atoms. The Morgan fingerprint density at radius 1 is 1.43 bits per heavy atom. The minimum Gasteiger partial charge on any atom is -0.493 e. The first-order chi connectivity index (χ1) is 9.97. The quantitative estimate of drug-likeness (QED) is 0.801. The molecule has 1 aliphatic rings. The molecule has 21 heavy (non-hydrogen) atoms. The number of ether oxygens (including phenoxy) is 2. The molecule has 1 aromatic carbocycles. The summed E-state index contributed by atoms with van der Waals surface area (Å²) < 4.78 is 10.9. The third-order valence-corrected chi connectivity index (χ3v) is 3.29. The molecule has 1 amide bonds. The molecule has 0 fully saturated rings. The number of benzene rings is 1. The zero-order valence-electron chi connectivity index (χ0n) is 12.2. The van der Waals surface area contributed by atoms with Crippen LogP contribution < -0.4 is 9.47 Å². The number of hydrogen-bond donors (Lipinski definition) is 1. The number of carbonyl (C=O) groups is 2. The van der Waals surface area contributed by atoms with Crippen molar-refractivity contribution in [1.29, 1.82) is 0 Å². The summed E-state index contributed by atoms with van der Waals surface area (Å²) in [7, 11) is 3.44. The third kappa shape index (κ3) is 3.87. The van der Waals surface area contributed by atoms with E-state index in [9.17, 15) is 9.59 Å². The fourth-order valence-electron chi connectivity index (χ4n) is 2.07. The monoisotopic (exact) mass is 293 g/mol. The van der Waals surface area contributed by atoms with Crippen LogP contribution in [0.4, 0.5) is 0 Å². The number of nitrogens with zero attached hydrogens (tertiary/aromatic N) is 1. The summed E-state index contributed by atoms with van der Waals surface area (Å²) in [6.45, 7) is 0.431. The van der Waals surface area contributed by atoms with E-state index in [1.165, 1.54) is 0 Å². The van der Waals surface area contributed by atoms with E-state index in [1.807, 2.05) is 6.07 Å². The number of fused-ring (bicyclic) bond motifs is 1. The highest BCUT2D eigenvalue weighted by molar-refractivity contribution is 5.75. The first kappa shape index (κ1) is 15.2. The van der Waals surface area contributed by atoms with Crippen molar-refractivity contribution >= 4 is 11.9 Å². The maximum Gasteiger partial charge on any atom is 0.345 e.